The minimum Gasteiger partial charge on any atom is -0.486 e. The van der Waals surface area contributed by atoms with Gasteiger partial charge in [0.1, 0.15) is 19.0 Å². The Kier molecular flexibility index (Phi) is 4.96. The molecule has 0 bridgehead atoms. The lowest BCUT2D eigenvalue weighted by molar-refractivity contribution is -0.123. The summed E-state index contributed by atoms with van der Waals surface area (Å²) < 4.78 is 16.5. The molecule has 1 aliphatic heterocycles. The summed E-state index contributed by atoms with van der Waals surface area (Å²) in [5.41, 5.74) is 4.15. The van der Waals surface area contributed by atoms with Crippen molar-refractivity contribution >= 4 is 12.1 Å². The van der Waals surface area contributed by atoms with Crippen molar-refractivity contribution in [2.75, 3.05) is 19.8 Å². The third kappa shape index (κ3) is 3.84. The second-order valence-electron chi connectivity index (χ2n) is 5.22. The van der Waals surface area contributed by atoms with Gasteiger partial charge in [-0.3, -0.25) is 4.79 Å². The first-order valence-electron chi connectivity index (χ1n) is 7.63. The number of ether oxygens (including phenoxy) is 3. The molecule has 0 saturated heterocycles. The standard InChI is InChI=1S/C18H18N2O4/c1-13-5-2-3-7-15(13)24-12-17(21)20-19-11-14-6-4-8-16-18(14)23-10-9-22-16/h2-8,11H,9-10,12H2,1H3,(H,20,21)/b19-11-. The van der Waals surface area contributed by atoms with E-state index in [-0.39, 0.29) is 12.5 Å². The van der Waals surface area contributed by atoms with Crippen molar-refractivity contribution in [1.29, 1.82) is 0 Å². The third-order valence-corrected chi connectivity index (χ3v) is 3.44. The van der Waals surface area contributed by atoms with Crippen molar-refractivity contribution < 1.29 is 19.0 Å². The van der Waals surface area contributed by atoms with Crippen molar-refractivity contribution in [2.45, 2.75) is 6.92 Å². The lowest BCUT2D eigenvalue weighted by Gasteiger charge is -2.19. The van der Waals surface area contributed by atoms with Gasteiger partial charge in [-0.15, -0.1) is 0 Å². The number of hydrogen-bond donors (Lipinski definition) is 1. The first-order valence-corrected chi connectivity index (χ1v) is 7.63. The number of hydrogen-bond acceptors (Lipinski definition) is 5. The monoisotopic (exact) mass is 326 g/mol. The van der Waals surface area contributed by atoms with Crippen LogP contribution in [0, 0.1) is 6.92 Å². The van der Waals surface area contributed by atoms with Gasteiger partial charge in [-0.05, 0) is 30.7 Å². The lowest BCUT2D eigenvalue weighted by atomic mass is 10.2. The molecule has 6 heteroatoms. The Labute approximate surface area is 140 Å². The number of rotatable bonds is 5. The molecule has 0 radical (unpaired) electrons. The summed E-state index contributed by atoms with van der Waals surface area (Å²) >= 11 is 0. The summed E-state index contributed by atoms with van der Waals surface area (Å²) in [6.45, 7) is 2.84. The number of carbonyl (C=O) groups excluding carboxylic acids is 1. The predicted molar refractivity (Wildman–Crippen MR) is 89.8 cm³/mol. The minimum absolute atomic E-state index is 0.102. The molecule has 0 atom stereocenters. The van der Waals surface area contributed by atoms with Crippen molar-refractivity contribution in [3.8, 4) is 17.2 Å². The highest BCUT2D eigenvalue weighted by atomic mass is 16.6. The maximum Gasteiger partial charge on any atom is 0.277 e. The van der Waals surface area contributed by atoms with Crippen LogP contribution in [-0.2, 0) is 4.79 Å². The molecule has 0 spiro atoms. The number of benzene rings is 2. The number of fused-ring (bicyclic) bond motifs is 1. The van der Waals surface area contributed by atoms with Crippen LogP contribution in [-0.4, -0.2) is 31.9 Å². The Balaban J connectivity index is 1.55. The van der Waals surface area contributed by atoms with Gasteiger partial charge >= 0.3 is 0 Å². The van der Waals surface area contributed by atoms with Gasteiger partial charge in [-0.1, -0.05) is 24.3 Å². The van der Waals surface area contributed by atoms with E-state index in [1.54, 1.807) is 0 Å². The average molecular weight is 326 g/mol. The van der Waals surface area contributed by atoms with Gasteiger partial charge in [0.15, 0.2) is 18.1 Å². The Bertz CT molecular complexity index is 758. The molecule has 0 unspecified atom stereocenters. The van der Waals surface area contributed by atoms with E-state index in [9.17, 15) is 4.79 Å². The first-order chi connectivity index (χ1) is 11.7. The van der Waals surface area contributed by atoms with Crippen molar-refractivity contribution in [3.63, 3.8) is 0 Å². The zero-order valence-electron chi connectivity index (χ0n) is 13.3. The number of amides is 1. The third-order valence-electron chi connectivity index (χ3n) is 3.44. The Morgan fingerprint density at radius 3 is 2.92 bits per heavy atom. The van der Waals surface area contributed by atoms with Gasteiger partial charge in [0.05, 0.1) is 6.21 Å². The SMILES string of the molecule is Cc1ccccc1OCC(=O)N/N=C\c1cccc2c1OCCO2. The molecular weight excluding hydrogens is 308 g/mol. The Morgan fingerprint density at radius 2 is 2.04 bits per heavy atom. The zero-order chi connectivity index (χ0) is 16.8. The average Bonchev–Trinajstić information content (AvgIpc) is 2.61. The van der Waals surface area contributed by atoms with Gasteiger partial charge in [0, 0.05) is 5.56 Å². The number of nitrogens with one attached hydrogen (secondary N) is 1. The molecule has 2 aromatic rings. The molecule has 124 valence electrons. The van der Waals surface area contributed by atoms with Crippen LogP contribution in [0.15, 0.2) is 47.6 Å². The molecule has 0 fully saturated rings. The van der Waals surface area contributed by atoms with Gasteiger partial charge < -0.3 is 14.2 Å². The summed E-state index contributed by atoms with van der Waals surface area (Å²) in [6, 6.07) is 13.0. The smallest absolute Gasteiger partial charge is 0.277 e. The lowest BCUT2D eigenvalue weighted by Crippen LogP contribution is -2.24. The quantitative estimate of drug-likeness (QED) is 0.676. The van der Waals surface area contributed by atoms with Crippen LogP contribution in [0.5, 0.6) is 17.2 Å². The van der Waals surface area contributed by atoms with E-state index in [4.69, 9.17) is 14.2 Å². The second-order valence-corrected chi connectivity index (χ2v) is 5.22. The Hall–Kier alpha value is -3.02. The number of nitrogens with zero attached hydrogens (tertiary/aromatic N) is 1. The van der Waals surface area contributed by atoms with E-state index in [0.717, 1.165) is 11.1 Å². The molecule has 1 heterocycles. The molecule has 1 amide bonds. The molecule has 24 heavy (non-hydrogen) atoms. The topological polar surface area (TPSA) is 69.2 Å². The Morgan fingerprint density at radius 1 is 1.21 bits per heavy atom. The molecule has 1 aliphatic rings. The summed E-state index contributed by atoms with van der Waals surface area (Å²) in [5.74, 6) is 1.66. The summed E-state index contributed by atoms with van der Waals surface area (Å²) in [7, 11) is 0. The maximum absolute atomic E-state index is 11.8. The van der Waals surface area contributed by atoms with Crippen molar-refractivity contribution in [2.24, 2.45) is 5.10 Å². The van der Waals surface area contributed by atoms with Crippen molar-refractivity contribution in [1.82, 2.24) is 5.43 Å². The molecule has 0 saturated carbocycles. The minimum atomic E-state index is -0.337. The molecule has 2 aromatic carbocycles. The van der Waals surface area contributed by atoms with Crippen LogP contribution < -0.4 is 19.6 Å². The van der Waals surface area contributed by atoms with Crippen molar-refractivity contribution in [3.05, 3.63) is 53.6 Å². The number of hydrazone groups is 1. The van der Waals surface area contributed by atoms with Gasteiger partial charge in [0.25, 0.3) is 5.91 Å². The van der Waals surface area contributed by atoms with Gasteiger partial charge in [-0.2, -0.15) is 5.10 Å². The fourth-order valence-electron chi connectivity index (χ4n) is 2.27. The normalized spacial score (nSPS) is 12.9. The predicted octanol–water partition coefficient (Wildman–Crippen LogP) is 2.30. The van der Waals surface area contributed by atoms with Crippen LogP contribution in [0.25, 0.3) is 0 Å². The van der Waals surface area contributed by atoms with Crippen LogP contribution in [0.2, 0.25) is 0 Å². The van der Waals surface area contributed by atoms with Crippen LogP contribution in [0.4, 0.5) is 0 Å². The molecule has 0 aromatic heterocycles. The highest BCUT2D eigenvalue weighted by Gasteiger charge is 2.14. The summed E-state index contributed by atoms with van der Waals surface area (Å²) in [4.78, 5) is 11.8. The van der Waals surface area contributed by atoms with Crippen LogP contribution >= 0.6 is 0 Å². The highest BCUT2D eigenvalue weighted by molar-refractivity contribution is 5.86. The van der Waals surface area contributed by atoms with E-state index >= 15 is 0 Å². The summed E-state index contributed by atoms with van der Waals surface area (Å²) in [5, 5.41) is 3.94. The molecule has 3 rings (SSSR count). The summed E-state index contributed by atoms with van der Waals surface area (Å²) in [6.07, 6.45) is 1.53. The second kappa shape index (κ2) is 7.50. The number of aryl methyl sites for hydroxylation is 1. The van der Waals surface area contributed by atoms with Gasteiger partial charge in [0.2, 0.25) is 0 Å². The molecular formula is C18H18N2O4. The molecule has 6 nitrogen and oxygen atoms in total. The maximum atomic E-state index is 11.8. The fraction of sp³-hybridized carbons (Fsp3) is 0.222. The number of para-hydroxylation sites is 2. The number of carbonyl (C=O) groups is 1. The van der Waals surface area contributed by atoms with E-state index in [1.165, 1.54) is 6.21 Å². The largest absolute Gasteiger partial charge is 0.486 e. The van der Waals surface area contributed by atoms with E-state index in [1.807, 2.05) is 49.4 Å². The molecule has 0 aliphatic carbocycles. The van der Waals surface area contributed by atoms with E-state index < -0.39 is 0 Å². The highest BCUT2D eigenvalue weighted by Crippen LogP contribution is 2.32. The van der Waals surface area contributed by atoms with E-state index in [0.29, 0.717) is 30.5 Å². The fourth-order valence-corrected chi connectivity index (χ4v) is 2.27. The van der Waals surface area contributed by atoms with Gasteiger partial charge in [-0.25, -0.2) is 5.43 Å². The van der Waals surface area contributed by atoms with E-state index in [2.05, 4.69) is 10.5 Å². The molecule has 1 N–H and O–H groups in total. The first kappa shape index (κ1) is 15.9. The van der Waals surface area contributed by atoms with Crippen LogP contribution in [0.1, 0.15) is 11.1 Å². The van der Waals surface area contributed by atoms with Crippen LogP contribution in [0.3, 0.4) is 0 Å². The zero-order valence-corrected chi connectivity index (χ0v) is 13.3.